The van der Waals surface area contributed by atoms with Gasteiger partial charge in [-0.2, -0.15) is 0 Å². The van der Waals surface area contributed by atoms with E-state index < -0.39 is 0 Å². The third-order valence-electron chi connectivity index (χ3n) is 5.26. The Bertz CT molecular complexity index is 491. The number of benzene rings is 1. The summed E-state index contributed by atoms with van der Waals surface area (Å²) in [6.45, 7) is 8.59. The van der Waals surface area contributed by atoms with E-state index in [1.807, 2.05) is 0 Å². The van der Waals surface area contributed by atoms with Crippen molar-refractivity contribution < 1.29 is 0 Å². The number of hydrogen-bond donors (Lipinski definition) is 0. The highest BCUT2D eigenvalue weighted by Crippen LogP contribution is 2.28. The summed E-state index contributed by atoms with van der Waals surface area (Å²) in [4.78, 5) is 7.65. The van der Waals surface area contributed by atoms with Crippen molar-refractivity contribution in [3.05, 3.63) is 28.2 Å². The molecule has 2 heterocycles. The van der Waals surface area contributed by atoms with Gasteiger partial charge < -0.3 is 14.7 Å². The van der Waals surface area contributed by atoms with Crippen LogP contribution in [-0.2, 0) is 6.42 Å². The summed E-state index contributed by atoms with van der Waals surface area (Å²) >= 11 is 3.66. The van der Waals surface area contributed by atoms with Gasteiger partial charge in [0.1, 0.15) is 0 Å². The van der Waals surface area contributed by atoms with Crippen molar-refractivity contribution in [3.63, 3.8) is 0 Å². The van der Waals surface area contributed by atoms with Crippen LogP contribution in [0.5, 0.6) is 0 Å². The second kappa shape index (κ2) is 8.50. The number of anilines is 1. The minimum absolute atomic E-state index is 1.20. The molecule has 2 fully saturated rings. The molecule has 0 saturated carbocycles. The van der Waals surface area contributed by atoms with Gasteiger partial charge in [0.2, 0.25) is 0 Å². The lowest BCUT2D eigenvalue weighted by atomic mass is 10.0. The molecule has 0 N–H and O–H groups in total. The standard InChI is InChI=1S/C19H30BrN3/c1-21-12-14-22(15-13-21)9-5-6-17-7-8-18(20)16-19(17)23-10-3-2-4-11-23/h7-8,16H,2-6,9-15H2,1H3. The topological polar surface area (TPSA) is 9.72 Å². The molecule has 0 unspecified atom stereocenters. The zero-order valence-corrected chi connectivity index (χ0v) is 16.0. The van der Waals surface area contributed by atoms with Gasteiger partial charge in [0, 0.05) is 49.4 Å². The molecule has 0 aromatic heterocycles. The van der Waals surface area contributed by atoms with Gasteiger partial charge in [-0.15, -0.1) is 0 Å². The Morgan fingerprint density at radius 1 is 0.957 bits per heavy atom. The van der Waals surface area contributed by atoms with E-state index in [0.29, 0.717) is 0 Å². The molecule has 2 aliphatic heterocycles. The highest BCUT2D eigenvalue weighted by atomic mass is 79.9. The van der Waals surface area contributed by atoms with E-state index in [-0.39, 0.29) is 0 Å². The van der Waals surface area contributed by atoms with Gasteiger partial charge in [-0.25, -0.2) is 0 Å². The molecule has 2 saturated heterocycles. The van der Waals surface area contributed by atoms with Gasteiger partial charge in [0.25, 0.3) is 0 Å². The molecule has 0 radical (unpaired) electrons. The Labute approximate surface area is 149 Å². The van der Waals surface area contributed by atoms with Crippen molar-refractivity contribution in [3.8, 4) is 0 Å². The number of rotatable bonds is 5. The van der Waals surface area contributed by atoms with Crippen LogP contribution in [0.25, 0.3) is 0 Å². The number of piperidine rings is 1. The first-order valence-corrected chi connectivity index (χ1v) is 9.96. The van der Waals surface area contributed by atoms with Gasteiger partial charge in [-0.1, -0.05) is 22.0 Å². The molecular formula is C19H30BrN3. The minimum atomic E-state index is 1.20. The Hall–Kier alpha value is -0.580. The summed E-state index contributed by atoms with van der Waals surface area (Å²) in [6, 6.07) is 6.87. The summed E-state index contributed by atoms with van der Waals surface area (Å²) in [7, 11) is 2.23. The van der Waals surface area contributed by atoms with Crippen LogP contribution < -0.4 is 4.90 Å². The van der Waals surface area contributed by atoms with E-state index in [2.05, 4.69) is 55.9 Å². The van der Waals surface area contributed by atoms with Crippen molar-refractivity contribution in [1.82, 2.24) is 9.80 Å². The Morgan fingerprint density at radius 2 is 1.70 bits per heavy atom. The molecule has 128 valence electrons. The minimum Gasteiger partial charge on any atom is -0.371 e. The van der Waals surface area contributed by atoms with E-state index in [1.54, 1.807) is 0 Å². The number of nitrogens with zero attached hydrogens (tertiary/aromatic N) is 3. The van der Waals surface area contributed by atoms with Gasteiger partial charge in [0.15, 0.2) is 0 Å². The summed E-state index contributed by atoms with van der Waals surface area (Å²) in [6.07, 6.45) is 6.54. The van der Waals surface area contributed by atoms with Crippen molar-refractivity contribution in [2.24, 2.45) is 0 Å². The van der Waals surface area contributed by atoms with Crippen LogP contribution in [0.4, 0.5) is 5.69 Å². The molecule has 3 rings (SSSR count). The molecule has 3 nitrogen and oxygen atoms in total. The van der Waals surface area contributed by atoms with Gasteiger partial charge >= 0.3 is 0 Å². The molecule has 1 aromatic rings. The largest absolute Gasteiger partial charge is 0.371 e. The predicted octanol–water partition coefficient (Wildman–Crippen LogP) is 3.62. The van der Waals surface area contributed by atoms with Crippen molar-refractivity contribution in [1.29, 1.82) is 0 Å². The number of aryl methyl sites for hydroxylation is 1. The molecule has 23 heavy (non-hydrogen) atoms. The fraction of sp³-hybridized carbons (Fsp3) is 0.684. The summed E-state index contributed by atoms with van der Waals surface area (Å²) in [5.41, 5.74) is 3.00. The summed E-state index contributed by atoms with van der Waals surface area (Å²) in [5.74, 6) is 0. The highest BCUT2D eigenvalue weighted by Gasteiger charge is 2.16. The van der Waals surface area contributed by atoms with E-state index in [4.69, 9.17) is 0 Å². The van der Waals surface area contributed by atoms with E-state index in [9.17, 15) is 0 Å². The maximum absolute atomic E-state index is 3.66. The van der Waals surface area contributed by atoms with Gasteiger partial charge in [0.05, 0.1) is 0 Å². The molecule has 0 bridgehead atoms. The number of piperazine rings is 1. The van der Waals surface area contributed by atoms with Crippen molar-refractivity contribution >= 4 is 21.6 Å². The maximum atomic E-state index is 3.66. The van der Waals surface area contributed by atoms with Crippen LogP contribution in [0, 0.1) is 0 Å². The molecule has 0 atom stereocenters. The molecule has 0 aliphatic carbocycles. The van der Waals surface area contributed by atoms with Gasteiger partial charge in [-0.05, 0) is 63.4 Å². The first kappa shape index (κ1) is 17.2. The number of hydrogen-bond acceptors (Lipinski definition) is 3. The molecule has 1 aromatic carbocycles. The zero-order valence-electron chi connectivity index (χ0n) is 14.4. The van der Waals surface area contributed by atoms with E-state index in [0.717, 1.165) is 0 Å². The first-order valence-electron chi connectivity index (χ1n) is 9.16. The molecule has 4 heteroatoms. The van der Waals surface area contributed by atoms with Crippen LogP contribution in [-0.4, -0.2) is 62.7 Å². The average molecular weight is 380 g/mol. The lowest BCUT2D eigenvalue weighted by molar-refractivity contribution is 0.153. The Kier molecular flexibility index (Phi) is 6.37. The lowest BCUT2D eigenvalue weighted by Gasteiger charge is -2.33. The SMILES string of the molecule is CN1CCN(CCCc2ccc(Br)cc2N2CCCCC2)CC1. The summed E-state index contributed by atoms with van der Waals surface area (Å²) < 4.78 is 1.21. The predicted molar refractivity (Wildman–Crippen MR) is 102 cm³/mol. The van der Waals surface area contributed by atoms with E-state index in [1.165, 1.54) is 93.6 Å². The summed E-state index contributed by atoms with van der Waals surface area (Å²) in [5, 5.41) is 0. The molecule has 0 spiro atoms. The fourth-order valence-corrected chi connectivity index (χ4v) is 4.09. The van der Waals surface area contributed by atoms with Crippen molar-refractivity contribution in [2.75, 3.05) is 57.8 Å². The number of likely N-dealkylation sites (N-methyl/N-ethyl adjacent to an activating group) is 1. The fourth-order valence-electron chi connectivity index (χ4n) is 3.74. The third kappa shape index (κ3) is 4.94. The van der Waals surface area contributed by atoms with Crippen LogP contribution in [0.1, 0.15) is 31.2 Å². The maximum Gasteiger partial charge on any atom is 0.0410 e. The molecule has 2 aliphatic rings. The second-order valence-electron chi connectivity index (χ2n) is 7.07. The molecular weight excluding hydrogens is 350 g/mol. The van der Waals surface area contributed by atoms with Crippen LogP contribution in [0.3, 0.4) is 0 Å². The molecule has 0 amide bonds. The highest BCUT2D eigenvalue weighted by molar-refractivity contribution is 9.10. The van der Waals surface area contributed by atoms with Gasteiger partial charge in [-0.3, -0.25) is 0 Å². The third-order valence-corrected chi connectivity index (χ3v) is 5.75. The zero-order chi connectivity index (χ0) is 16.1. The Balaban J connectivity index is 1.56. The normalized spacial score (nSPS) is 20.9. The monoisotopic (exact) mass is 379 g/mol. The van der Waals surface area contributed by atoms with Crippen molar-refractivity contribution in [2.45, 2.75) is 32.1 Å². The second-order valence-corrected chi connectivity index (χ2v) is 7.98. The smallest absolute Gasteiger partial charge is 0.0410 e. The van der Waals surface area contributed by atoms with Crippen LogP contribution >= 0.6 is 15.9 Å². The average Bonchev–Trinajstić information content (AvgIpc) is 2.59. The van der Waals surface area contributed by atoms with E-state index >= 15 is 0 Å². The Morgan fingerprint density at radius 3 is 2.43 bits per heavy atom. The quantitative estimate of drug-likeness (QED) is 0.773. The van der Waals surface area contributed by atoms with Crippen LogP contribution in [0.2, 0.25) is 0 Å². The lowest BCUT2D eigenvalue weighted by Crippen LogP contribution is -2.44. The van der Waals surface area contributed by atoms with Crippen LogP contribution in [0.15, 0.2) is 22.7 Å². The number of halogens is 1. The first-order chi connectivity index (χ1) is 11.2.